The maximum atomic E-state index is 10.9. The van der Waals surface area contributed by atoms with Gasteiger partial charge in [-0.05, 0) is 19.5 Å². The maximum Gasteiger partial charge on any atom is 0.329 e. The van der Waals surface area contributed by atoms with Gasteiger partial charge in [0.1, 0.15) is 0 Å². The van der Waals surface area contributed by atoms with Crippen LogP contribution in [-0.4, -0.2) is 39.9 Å². The second-order valence-corrected chi connectivity index (χ2v) is 9.55. The molecular weight excluding hydrogens is 246 g/mol. The third-order valence-electron chi connectivity index (χ3n) is 1.71. The first-order chi connectivity index (χ1) is 6.24. The average Bonchev–Trinajstić information content (AvgIpc) is 2.16. The largest absolute Gasteiger partial charge is 0.329 e. The van der Waals surface area contributed by atoms with Crippen LogP contribution in [0, 0.1) is 0 Å². The molecule has 0 heterocycles. The van der Waals surface area contributed by atoms with Gasteiger partial charge in [-0.3, -0.25) is 4.57 Å². The Morgan fingerprint density at radius 3 is 1.12 bits per heavy atom. The average molecular weight is 276 g/mol. The molecule has 0 N–H and O–H groups in total. The molecule has 0 aromatic heterocycles. The minimum Gasteiger partial charge on any atom is -0.324 e. The molecule has 6 heteroatoms. The van der Waals surface area contributed by atoms with Gasteiger partial charge in [0.15, 0.2) is 0 Å². The highest BCUT2D eigenvalue weighted by Gasteiger charge is 2.15. The number of hydrogen-bond donors (Lipinski definition) is 0. The monoisotopic (exact) mass is 276 g/mol. The third kappa shape index (κ3) is 16.8. The molecule has 0 amide bonds. The number of hydrogen-bond acceptors (Lipinski definition) is 4. The van der Waals surface area contributed by atoms with Crippen LogP contribution in [0.1, 0.15) is 28.7 Å². The third-order valence-corrected chi connectivity index (χ3v) is 5.12. The quantitative estimate of drug-likeness (QED) is 0.714. The summed E-state index contributed by atoms with van der Waals surface area (Å²) in [6, 6.07) is 0. The van der Waals surface area contributed by atoms with Crippen molar-refractivity contribution in [1.82, 2.24) is 0 Å². The summed E-state index contributed by atoms with van der Waals surface area (Å²) in [4.78, 5) is 0. The molecule has 0 bridgehead atoms. The lowest BCUT2D eigenvalue weighted by atomic mass is 11.0. The van der Waals surface area contributed by atoms with E-state index in [0.717, 1.165) is 6.16 Å². The Balaban J connectivity index is -0.0000000825. The van der Waals surface area contributed by atoms with Crippen LogP contribution in [0.4, 0.5) is 0 Å². The summed E-state index contributed by atoms with van der Waals surface area (Å²) in [6.07, 6.45) is 1.26. The molecule has 0 spiro atoms. The molecule has 104 valence electrons. The predicted octanol–water partition coefficient (Wildman–Crippen LogP) is 4.39. The molecule has 4 nitrogen and oxygen atoms in total. The van der Waals surface area contributed by atoms with E-state index in [2.05, 4.69) is 9.05 Å². The van der Waals surface area contributed by atoms with Crippen molar-refractivity contribution in [2.45, 2.75) is 28.7 Å². The molecule has 0 radical (unpaired) electrons. The summed E-state index contributed by atoms with van der Waals surface area (Å²) in [5.74, 6) is 0. The van der Waals surface area contributed by atoms with Gasteiger partial charge >= 0.3 is 7.60 Å². The molecule has 0 saturated heterocycles. The Labute approximate surface area is 102 Å². The van der Waals surface area contributed by atoms with Crippen molar-refractivity contribution in [1.29, 1.82) is 0 Å². The molecule has 0 aliphatic carbocycles. The van der Waals surface area contributed by atoms with Crippen LogP contribution in [0.25, 0.3) is 0 Å². The Kier molecular flexibility index (Phi) is 18.7. The molecule has 0 atom stereocenters. The van der Waals surface area contributed by atoms with E-state index in [-0.39, 0.29) is 14.9 Å². The number of rotatable bonds is 4. The summed E-state index contributed by atoms with van der Waals surface area (Å²) in [6.45, 7) is 7.30. The summed E-state index contributed by atoms with van der Waals surface area (Å²) < 4.78 is 30.6. The lowest BCUT2D eigenvalue weighted by molar-refractivity contribution is 0.277. The fraction of sp³-hybridized carbons (Fsp3) is 1.00. The smallest absolute Gasteiger partial charge is 0.324 e. The van der Waals surface area contributed by atoms with Crippen LogP contribution in [0.5, 0.6) is 0 Å². The molecular formula is C10H30O4P2. The standard InChI is InChI=1S/C4H11O3P.C4H11OP.2CH4/c1-4-8(5,6-2)7-3;1-4-6(2,3)5;;/h4H2,1-3H3;4H2,1-3H3;2*1H4. The first-order valence-electron chi connectivity index (χ1n) is 4.49. The van der Waals surface area contributed by atoms with Crippen molar-refractivity contribution in [3.05, 3.63) is 0 Å². The van der Waals surface area contributed by atoms with Crippen LogP contribution in [0.2, 0.25) is 0 Å². The fourth-order valence-electron chi connectivity index (χ4n) is 0.333. The Bertz CT molecular complexity index is 204. The van der Waals surface area contributed by atoms with Gasteiger partial charge < -0.3 is 13.6 Å². The molecule has 0 aromatic carbocycles. The van der Waals surface area contributed by atoms with E-state index in [1.54, 1.807) is 20.3 Å². The van der Waals surface area contributed by atoms with Crippen LogP contribution in [0.15, 0.2) is 0 Å². The van der Waals surface area contributed by atoms with Gasteiger partial charge in [-0.1, -0.05) is 28.7 Å². The highest BCUT2D eigenvalue weighted by atomic mass is 31.2. The Morgan fingerprint density at radius 1 is 0.875 bits per heavy atom. The first kappa shape index (κ1) is 25.3. The van der Waals surface area contributed by atoms with E-state index in [1.165, 1.54) is 14.2 Å². The van der Waals surface area contributed by atoms with Gasteiger partial charge in [0.2, 0.25) is 0 Å². The topological polar surface area (TPSA) is 52.6 Å². The zero-order valence-corrected chi connectivity index (χ0v) is 11.7. The first-order valence-corrected chi connectivity index (χ1v) is 9.00. The molecule has 0 aliphatic heterocycles. The van der Waals surface area contributed by atoms with Crippen molar-refractivity contribution in [3.63, 3.8) is 0 Å². The van der Waals surface area contributed by atoms with Gasteiger partial charge in [0, 0.05) is 20.4 Å². The lowest BCUT2D eigenvalue weighted by Gasteiger charge is -2.08. The normalized spacial score (nSPS) is 10.4. The minimum absolute atomic E-state index is 0. The van der Waals surface area contributed by atoms with Gasteiger partial charge in [-0.15, -0.1) is 0 Å². The van der Waals surface area contributed by atoms with E-state index in [0.29, 0.717) is 6.16 Å². The zero-order chi connectivity index (χ0) is 11.8. The molecule has 0 aromatic rings. The van der Waals surface area contributed by atoms with Gasteiger partial charge in [-0.25, -0.2) is 0 Å². The molecule has 0 fully saturated rings. The highest BCUT2D eigenvalue weighted by molar-refractivity contribution is 7.62. The van der Waals surface area contributed by atoms with Crippen LogP contribution < -0.4 is 0 Å². The predicted molar refractivity (Wildman–Crippen MR) is 75.6 cm³/mol. The van der Waals surface area contributed by atoms with E-state index in [1.807, 2.05) is 6.92 Å². The van der Waals surface area contributed by atoms with Crippen molar-refractivity contribution >= 4 is 14.7 Å². The van der Waals surface area contributed by atoms with Crippen LogP contribution in [-0.2, 0) is 18.2 Å². The van der Waals surface area contributed by atoms with Crippen LogP contribution >= 0.6 is 14.7 Å². The van der Waals surface area contributed by atoms with Crippen LogP contribution in [0.3, 0.4) is 0 Å². The Morgan fingerprint density at radius 2 is 1.12 bits per heavy atom. The van der Waals surface area contributed by atoms with E-state index in [9.17, 15) is 9.13 Å². The summed E-state index contributed by atoms with van der Waals surface area (Å²) in [5.41, 5.74) is 0. The summed E-state index contributed by atoms with van der Waals surface area (Å²) >= 11 is 0. The molecule has 0 saturated carbocycles. The highest BCUT2D eigenvalue weighted by Crippen LogP contribution is 2.45. The lowest BCUT2D eigenvalue weighted by Crippen LogP contribution is -1.89. The van der Waals surface area contributed by atoms with E-state index >= 15 is 0 Å². The van der Waals surface area contributed by atoms with E-state index < -0.39 is 14.7 Å². The maximum absolute atomic E-state index is 10.9. The molecule has 16 heavy (non-hydrogen) atoms. The second kappa shape index (κ2) is 11.9. The van der Waals surface area contributed by atoms with Crippen molar-refractivity contribution < 1.29 is 18.2 Å². The molecule has 0 aliphatic rings. The van der Waals surface area contributed by atoms with Crippen molar-refractivity contribution in [3.8, 4) is 0 Å². The van der Waals surface area contributed by atoms with Gasteiger partial charge in [-0.2, -0.15) is 0 Å². The zero-order valence-electron chi connectivity index (χ0n) is 9.94. The minimum atomic E-state index is -2.66. The van der Waals surface area contributed by atoms with Crippen molar-refractivity contribution in [2.24, 2.45) is 0 Å². The van der Waals surface area contributed by atoms with E-state index in [4.69, 9.17) is 0 Å². The Hall–Kier alpha value is 0.380. The van der Waals surface area contributed by atoms with Gasteiger partial charge in [0.25, 0.3) is 0 Å². The summed E-state index contributed by atoms with van der Waals surface area (Å²) in [7, 11) is -1.54. The summed E-state index contributed by atoms with van der Waals surface area (Å²) in [5, 5.41) is 0. The molecule has 0 rings (SSSR count). The fourth-order valence-corrected chi connectivity index (χ4v) is 0.998. The second-order valence-electron chi connectivity index (χ2n) is 3.18. The molecule has 0 unspecified atom stereocenters. The van der Waals surface area contributed by atoms with Crippen molar-refractivity contribution in [2.75, 3.05) is 39.9 Å². The SMILES string of the molecule is C.C.CCP(=O)(OC)OC.CCP(C)(C)=O. The van der Waals surface area contributed by atoms with Gasteiger partial charge in [0.05, 0.1) is 7.14 Å².